The number of thiazole rings is 1. The Labute approximate surface area is 107 Å². The maximum absolute atomic E-state index is 9.11. The molecule has 0 saturated carbocycles. The Morgan fingerprint density at radius 1 is 1.47 bits per heavy atom. The maximum atomic E-state index is 9.11. The van der Waals surface area contributed by atoms with Gasteiger partial charge in [0.25, 0.3) is 0 Å². The minimum Gasteiger partial charge on any atom is -0.391 e. The van der Waals surface area contributed by atoms with Gasteiger partial charge in [-0.1, -0.05) is 22.9 Å². The molecule has 17 heavy (non-hydrogen) atoms. The SMILES string of the molecule is OCc1sc(N2CCn3ccnc3C2)nc1Cl. The first kappa shape index (κ1) is 11.0. The van der Waals surface area contributed by atoms with Crippen LogP contribution in [-0.4, -0.2) is 26.2 Å². The number of nitrogens with zero attached hydrogens (tertiary/aromatic N) is 4. The fourth-order valence-corrected chi connectivity index (χ4v) is 3.03. The molecule has 1 aliphatic heterocycles. The van der Waals surface area contributed by atoms with Crippen LogP contribution in [0.5, 0.6) is 0 Å². The fraction of sp³-hybridized carbons (Fsp3) is 0.400. The van der Waals surface area contributed by atoms with Crippen molar-refractivity contribution in [2.24, 2.45) is 0 Å². The highest BCUT2D eigenvalue weighted by atomic mass is 35.5. The predicted octanol–water partition coefficient (Wildman–Crippen LogP) is 1.51. The monoisotopic (exact) mass is 270 g/mol. The van der Waals surface area contributed by atoms with Crippen molar-refractivity contribution in [1.82, 2.24) is 14.5 Å². The molecule has 0 bridgehead atoms. The molecule has 0 fully saturated rings. The summed E-state index contributed by atoms with van der Waals surface area (Å²) in [7, 11) is 0. The highest BCUT2D eigenvalue weighted by Gasteiger charge is 2.20. The van der Waals surface area contributed by atoms with Gasteiger partial charge in [0.05, 0.1) is 18.0 Å². The van der Waals surface area contributed by atoms with Crippen LogP contribution in [-0.2, 0) is 19.7 Å². The minimum atomic E-state index is -0.0566. The Bertz CT molecular complexity index is 538. The minimum absolute atomic E-state index is 0.0566. The van der Waals surface area contributed by atoms with Gasteiger partial charge in [0.2, 0.25) is 0 Å². The van der Waals surface area contributed by atoms with Crippen molar-refractivity contribution in [3.8, 4) is 0 Å². The summed E-state index contributed by atoms with van der Waals surface area (Å²) in [5.41, 5.74) is 0. The van der Waals surface area contributed by atoms with E-state index in [0.717, 1.165) is 35.5 Å². The quantitative estimate of drug-likeness (QED) is 0.899. The summed E-state index contributed by atoms with van der Waals surface area (Å²) in [4.78, 5) is 11.4. The third kappa shape index (κ3) is 1.92. The van der Waals surface area contributed by atoms with Gasteiger partial charge in [0.1, 0.15) is 11.0 Å². The number of aliphatic hydroxyl groups excluding tert-OH is 1. The van der Waals surface area contributed by atoms with E-state index >= 15 is 0 Å². The number of aliphatic hydroxyl groups is 1. The van der Waals surface area contributed by atoms with Gasteiger partial charge >= 0.3 is 0 Å². The molecule has 0 atom stereocenters. The Balaban J connectivity index is 1.86. The van der Waals surface area contributed by atoms with Crippen molar-refractivity contribution in [1.29, 1.82) is 0 Å². The molecule has 0 amide bonds. The number of aromatic nitrogens is 3. The van der Waals surface area contributed by atoms with E-state index in [0.29, 0.717) is 5.15 Å². The van der Waals surface area contributed by atoms with E-state index in [2.05, 4.69) is 19.4 Å². The van der Waals surface area contributed by atoms with Crippen LogP contribution in [0.2, 0.25) is 5.15 Å². The zero-order valence-electron chi connectivity index (χ0n) is 9.01. The zero-order chi connectivity index (χ0) is 11.8. The van der Waals surface area contributed by atoms with Crippen molar-refractivity contribution >= 4 is 28.1 Å². The Morgan fingerprint density at radius 3 is 3.12 bits per heavy atom. The first-order valence-corrected chi connectivity index (χ1v) is 6.48. The van der Waals surface area contributed by atoms with Crippen LogP contribution in [0.1, 0.15) is 10.7 Å². The molecule has 0 spiro atoms. The Kier molecular flexibility index (Phi) is 2.78. The van der Waals surface area contributed by atoms with Gasteiger partial charge in [-0.3, -0.25) is 0 Å². The molecule has 1 aliphatic rings. The molecule has 0 aromatic carbocycles. The second-order valence-electron chi connectivity index (χ2n) is 3.83. The van der Waals surface area contributed by atoms with E-state index in [1.54, 1.807) is 0 Å². The van der Waals surface area contributed by atoms with Crippen LogP contribution < -0.4 is 4.90 Å². The molecule has 90 valence electrons. The lowest BCUT2D eigenvalue weighted by molar-refractivity contribution is 0.285. The lowest BCUT2D eigenvalue weighted by Crippen LogP contribution is -2.33. The van der Waals surface area contributed by atoms with E-state index in [1.165, 1.54) is 11.3 Å². The average Bonchev–Trinajstić information content (AvgIpc) is 2.93. The smallest absolute Gasteiger partial charge is 0.187 e. The van der Waals surface area contributed by atoms with Gasteiger partial charge in [-0.2, -0.15) is 0 Å². The number of halogens is 1. The number of fused-ring (bicyclic) bond motifs is 1. The third-order valence-electron chi connectivity index (χ3n) is 2.80. The molecular weight excluding hydrogens is 260 g/mol. The Morgan fingerprint density at radius 2 is 2.35 bits per heavy atom. The molecule has 5 nitrogen and oxygen atoms in total. The van der Waals surface area contributed by atoms with Crippen molar-refractivity contribution in [3.63, 3.8) is 0 Å². The van der Waals surface area contributed by atoms with Crippen molar-refractivity contribution in [3.05, 3.63) is 28.2 Å². The van der Waals surface area contributed by atoms with Gasteiger partial charge in [-0.15, -0.1) is 0 Å². The summed E-state index contributed by atoms with van der Waals surface area (Å²) in [5.74, 6) is 1.04. The largest absolute Gasteiger partial charge is 0.391 e. The van der Waals surface area contributed by atoms with Crippen LogP contribution in [0.4, 0.5) is 5.13 Å². The van der Waals surface area contributed by atoms with E-state index in [9.17, 15) is 0 Å². The predicted molar refractivity (Wildman–Crippen MR) is 66.3 cm³/mol. The molecule has 7 heteroatoms. The fourth-order valence-electron chi connectivity index (χ4n) is 1.89. The molecule has 3 heterocycles. The van der Waals surface area contributed by atoms with E-state index < -0.39 is 0 Å². The number of anilines is 1. The third-order valence-corrected chi connectivity index (χ3v) is 4.32. The van der Waals surface area contributed by atoms with Gasteiger partial charge in [-0.05, 0) is 0 Å². The van der Waals surface area contributed by atoms with Gasteiger partial charge in [0, 0.05) is 25.5 Å². The summed E-state index contributed by atoms with van der Waals surface area (Å²) < 4.78 is 2.14. The first-order valence-electron chi connectivity index (χ1n) is 5.29. The molecular formula is C10H11ClN4OS. The Hall–Kier alpha value is -1.11. The lowest BCUT2D eigenvalue weighted by Gasteiger charge is -2.27. The second kappa shape index (κ2) is 4.29. The number of rotatable bonds is 2. The lowest BCUT2D eigenvalue weighted by atomic mass is 10.4. The molecule has 3 rings (SSSR count). The highest BCUT2D eigenvalue weighted by Crippen LogP contribution is 2.31. The van der Waals surface area contributed by atoms with Crippen molar-refractivity contribution < 1.29 is 5.11 Å². The van der Waals surface area contributed by atoms with Crippen LogP contribution in [0, 0.1) is 0 Å². The van der Waals surface area contributed by atoms with E-state index in [-0.39, 0.29) is 6.61 Å². The molecule has 2 aromatic heterocycles. The molecule has 0 saturated heterocycles. The number of hydrogen-bond donors (Lipinski definition) is 1. The summed E-state index contributed by atoms with van der Waals surface area (Å²) in [6.45, 7) is 2.47. The van der Waals surface area contributed by atoms with Crippen LogP contribution in [0.15, 0.2) is 12.4 Å². The molecule has 0 unspecified atom stereocenters. The first-order chi connectivity index (χ1) is 8.28. The maximum Gasteiger partial charge on any atom is 0.187 e. The van der Waals surface area contributed by atoms with Gasteiger partial charge < -0.3 is 14.6 Å². The molecule has 0 aliphatic carbocycles. The summed E-state index contributed by atoms with van der Waals surface area (Å²) in [5, 5.41) is 10.4. The van der Waals surface area contributed by atoms with Crippen molar-refractivity contribution in [2.45, 2.75) is 19.7 Å². The normalized spacial score (nSPS) is 15.1. The van der Waals surface area contributed by atoms with Gasteiger partial charge in [0.15, 0.2) is 5.13 Å². The standard InChI is InChI=1S/C10H11ClN4OS/c11-9-7(6-16)17-10(13-9)15-4-3-14-2-1-12-8(14)5-15/h1-2,16H,3-6H2. The van der Waals surface area contributed by atoms with Crippen LogP contribution in [0.25, 0.3) is 0 Å². The molecule has 0 radical (unpaired) electrons. The molecule has 1 N–H and O–H groups in total. The number of hydrogen-bond acceptors (Lipinski definition) is 5. The summed E-state index contributed by atoms with van der Waals surface area (Å²) in [6, 6.07) is 0. The summed E-state index contributed by atoms with van der Waals surface area (Å²) >= 11 is 7.37. The van der Waals surface area contributed by atoms with Crippen molar-refractivity contribution in [2.75, 3.05) is 11.4 Å². The van der Waals surface area contributed by atoms with E-state index in [4.69, 9.17) is 16.7 Å². The summed E-state index contributed by atoms with van der Waals surface area (Å²) in [6.07, 6.45) is 3.80. The van der Waals surface area contributed by atoms with Gasteiger partial charge in [-0.25, -0.2) is 9.97 Å². The zero-order valence-corrected chi connectivity index (χ0v) is 10.6. The molecule has 2 aromatic rings. The van der Waals surface area contributed by atoms with E-state index in [1.807, 2.05) is 12.4 Å². The van der Waals surface area contributed by atoms with Crippen LogP contribution in [0.3, 0.4) is 0 Å². The average molecular weight is 271 g/mol. The van der Waals surface area contributed by atoms with Crippen LogP contribution >= 0.6 is 22.9 Å². The topological polar surface area (TPSA) is 54.2 Å². The highest BCUT2D eigenvalue weighted by molar-refractivity contribution is 7.16. The second-order valence-corrected chi connectivity index (χ2v) is 5.25. The number of imidazole rings is 1.